The van der Waals surface area contributed by atoms with Gasteiger partial charge in [0.1, 0.15) is 11.0 Å². The monoisotopic (exact) mass is 320 g/mol. The summed E-state index contributed by atoms with van der Waals surface area (Å²) in [5, 5.41) is 3.06. The maximum atomic E-state index is 12.2. The van der Waals surface area contributed by atoms with Crippen LogP contribution in [0.15, 0.2) is 46.8 Å². The van der Waals surface area contributed by atoms with Gasteiger partial charge < -0.3 is 10.0 Å². The Hall–Kier alpha value is -1.62. The van der Waals surface area contributed by atoms with E-state index >= 15 is 0 Å². The first-order valence-electron chi connectivity index (χ1n) is 7.70. The summed E-state index contributed by atoms with van der Waals surface area (Å²) < 4.78 is 14.8. The van der Waals surface area contributed by atoms with Gasteiger partial charge in [-0.05, 0) is 58.6 Å². The quantitative estimate of drug-likeness (QED) is 0.818. The van der Waals surface area contributed by atoms with Crippen LogP contribution >= 0.6 is 0 Å². The third kappa shape index (κ3) is 4.70. The van der Waals surface area contributed by atoms with Crippen LogP contribution in [-0.4, -0.2) is 15.4 Å². The van der Waals surface area contributed by atoms with E-state index in [1.54, 1.807) is 0 Å². The van der Waals surface area contributed by atoms with E-state index in [-0.39, 0.29) is 11.2 Å². The Morgan fingerprint density at radius 1 is 1.05 bits per heavy atom. The van der Waals surface area contributed by atoms with E-state index in [1.165, 1.54) is 5.57 Å². The summed E-state index contributed by atoms with van der Waals surface area (Å²) in [7, 11) is -1.06. The van der Waals surface area contributed by atoms with Crippen molar-refractivity contribution in [3.05, 3.63) is 46.8 Å². The lowest BCUT2D eigenvalue weighted by atomic mass is 10.0. The van der Waals surface area contributed by atoms with Crippen LogP contribution in [0.1, 0.15) is 46.5 Å². The predicted octanol–water partition coefficient (Wildman–Crippen LogP) is 2.99. The van der Waals surface area contributed by atoms with E-state index in [4.69, 9.17) is 0 Å². The van der Waals surface area contributed by atoms with Crippen molar-refractivity contribution >= 4 is 16.9 Å². The zero-order valence-electron chi connectivity index (χ0n) is 13.4. The van der Waals surface area contributed by atoms with Crippen LogP contribution in [0.25, 0.3) is 0 Å². The van der Waals surface area contributed by atoms with Crippen LogP contribution in [0.2, 0.25) is 0 Å². The van der Waals surface area contributed by atoms with E-state index in [9.17, 15) is 9.00 Å². The molecular formula is C17H24N2O2S. The topological polar surface area (TPSA) is 58.2 Å². The highest BCUT2D eigenvalue weighted by Crippen LogP contribution is 2.20. The lowest BCUT2D eigenvalue weighted by Crippen LogP contribution is -2.28. The fraction of sp³-hybridized carbons (Fsp3) is 0.471. The molecule has 0 saturated carbocycles. The second-order valence-corrected chi connectivity index (χ2v) is 7.73. The van der Waals surface area contributed by atoms with Crippen LogP contribution in [0.5, 0.6) is 0 Å². The van der Waals surface area contributed by atoms with Crippen molar-refractivity contribution in [2.75, 3.05) is 0 Å². The second-order valence-electron chi connectivity index (χ2n) is 5.99. The molecule has 1 unspecified atom stereocenters. The standard InChI is InChI=1S/C17H24N2O2S/c1-12(2)22(21)19-16-10-6-14(7-11-16)17(20)18-15-8-4-13(3)5-9-15/h4,6,8,10,12,19H,5,7,9,11H2,1-3H3,(H,18,20). The number of allylic oxidation sites excluding steroid dienone is 7. The van der Waals surface area contributed by atoms with Crippen molar-refractivity contribution in [2.24, 2.45) is 0 Å². The number of nitrogens with one attached hydrogen (secondary N) is 2. The normalized spacial score (nSPS) is 19.6. The molecule has 120 valence electrons. The Kier molecular flexibility index (Phi) is 5.77. The molecule has 2 aliphatic rings. The molecule has 5 heteroatoms. The molecule has 0 heterocycles. The first-order chi connectivity index (χ1) is 10.5. The molecule has 2 N–H and O–H groups in total. The van der Waals surface area contributed by atoms with E-state index in [2.05, 4.69) is 23.0 Å². The van der Waals surface area contributed by atoms with Crippen LogP contribution in [0.4, 0.5) is 0 Å². The van der Waals surface area contributed by atoms with Crippen LogP contribution in [0.3, 0.4) is 0 Å². The molecule has 0 fully saturated rings. The van der Waals surface area contributed by atoms with Crippen LogP contribution < -0.4 is 10.0 Å². The predicted molar refractivity (Wildman–Crippen MR) is 91.0 cm³/mol. The van der Waals surface area contributed by atoms with Gasteiger partial charge in [-0.15, -0.1) is 0 Å². The second kappa shape index (κ2) is 7.58. The number of amides is 1. The highest BCUT2D eigenvalue weighted by atomic mass is 32.2. The number of carbonyl (C=O) groups excluding carboxylic acids is 1. The van der Waals surface area contributed by atoms with Gasteiger partial charge in [-0.25, -0.2) is 4.21 Å². The molecule has 4 nitrogen and oxygen atoms in total. The summed E-state index contributed by atoms with van der Waals surface area (Å²) in [5.74, 6) is -0.0283. The lowest BCUT2D eigenvalue weighted by Gasteiger charge is -2.18. The maximum Gasteiger partial charge on any atom is 0.251 e. The average Bonchev–Trinajstić information content (AvgIpc) is 2.50. The van der Waals surface area contributed by atoms with Gasteiger partial charge in [0.25, 0.3) is 5.91 Å². The molecule has 0 aromatic heterocycles. The summed E-state index contributed by atoms with van der Waals surface area (Å²) in [5.41, 5.74) is 4.02. The summed E-state index contributed by atoms with van der Waals surface area (Å²) in [4.78, 5) is 12.2. The van der Waals surface area contributed by atoms with E-state index in [0.29, 0.717) is 6.42 Å². The fourth-order valence-electron chi connectivity index (χ4n) is 2.23. The van der Waals surface area contributed by atoms with E-state index in [0.717, 1.165) is 36.2 Å². The van der Waals surface area contributed by atoms with Gasteiger partial charge in [0.2, 0.25) is 0 Å². The molecule has 0 aliphatic heterocycles. The van der Waals surface area contributed by atoms with E-state index in [1.807, 2.05) is 32.1 Å². The highest BCUT2D eigenvalue weighted by molar-refractivity contribution is 7.83. The summed E-state index contributed by atoms with van der Waals surface area (Å²) >= 11 is 0. The summed E-state index contributed by atoms with van der Waals surface area (Å²) in [6.45, 7) is 5.92. The van der Waals surface area contributed by atoms with Crippen molar-refractivity contribution in [3.63, 3.8) is 0 Å². The Labute approximate surface area is 135 Å². The minimum Gasteiger partial charge on any atom is -0.326 e. The van der Waals surface area contributed by atoms with Crippen molar-refractivity contribution in [2.45, 2.75) is 51.7 Å². The number of rotatable bonds is 5. The van der Waals surface area contributed by atoms with Crippen molar-refractivity contribution in [1.29, 1.82) is 0 Å². The Balaban J connectivity index is 1.93. The Morgan fingerprint density at radius 3 is 2.27 bits per heavy atom. The molecule has 0 saturated heterocycles. The van der Waals surface area contributed by atoms with Crippen molar-refractivity contribution in [1.82, 2.24) is 10.0 Å². The third-order valence-electron chi connectivity index (χ3n) is 3.73. The molecule has 0 aromatic rings. The SMILES string of the molecule is CC1=CC=C(NC(=O)C2=CC=C(NS(=O)C(C)C)CC2)CC1. The number of carbonyl (C=O) groups is 1. The van der Waals surface area contributed by atoms with Gasteiger partial charge in [0.05, 0.1) is 0 Å². The molecule has 0 aromatic carbocycles. The molecule has 2 aliphatic carbocycles. The van der Waals surface area contributed by atoms with Crippen molar-refractivity contribution < 1.29 is 9.00 Å². The molecule has 1 amide bonds. The fourth-order valence-corrected chi connectivity index (χ4v) is 2.89. The van der Waals surface area contributed by atoms with Gasteiger partial charge >= 0.3 is 0 Å². The van der Waals surface area contributed by atoms with Crippen molar-refractivity contribution in [3.8, 4) is 0 Å². The number of hydrogen-bond acceptors (Lipinski definition) is 2. The molecule has 2 rings (SSSR count). The summed E-state index contributed by atoms with van der Waals surface area (Å²) in [6.07, 6.45) is 11.0. The molecule has 0 radical (unpaired) electrons. The maximum absolute atomic E-state index is 12.2. The first kappa shape index (κ1) is 16.7. The number of hydrogen-bond donors (Lipinski definition) is 2. The molecule has 22 heavy (non-hydrogen) atoms. The molecule has 0 bridgehead atoms. The van der Waals surface area contributed by atoms with E-state index < -0.39 is 11.0 Å². The molecular weight excluding hydrogens is 296 g/mol. The molecule has 1 atom stereocenters. The average molecular weight is 320 g/mol. The minimum absolute atomic E-state index is 0.0283. The van der Waals surface area contributed by atoms with Gasteiger partial charge in [-0.3, -0.25) is 4.79 Å². The zero-order chi connectivity index (χ0) is 16.1. The smallest absolute Gasteiger partial charge is 0.251 e. The third-order valence-corrected chi connectivity index (χ3v) is 5.05. The Bertz CT molecular complexity index is 598. The van der Waals surface area contributed by atoms with Gasteiger partial charge in [0, 0.05) is 22.2 Å². The van der Waals surface area contributed by atoms with Gasteiger partial charge in [0.15, 0.2) is 0 Å². The van der Waals surface area contributed by atoms with Gasteiger partial charge in [-0.2, -0.15) is 0 Å². The minimum atomic E-state index is -1.06. The zero-order valence-corrected chi connectivity index (χ0v) is 14.3. The highest BCUT2D eigenvalue weighted by Gasteiger charge is 2.16. The first-order valence-corrected chi connectivity index (χ1v) is 8.91. The lowest BCUT2D eigenvalue weighted by molar-refractivity contribution is -0.117. The van der Waals surface area contributed by atoms with Crippen LogP contribution in [-0.2, 0) is 15.8 Å². The summed E-state index contributed by atoms with van der Waals surface area (Å²) in [6, 6.07) is 0. The molecule has 0 spiro atoms. The largest absolute Gasteiger partial charge is 0.326 e. The van der Waals surface area contributed by atoms with Crippen LogP contribution in [0, 0.1) is 0 Å². The van der Waals surface area contributed by atoms with Gasteiger partial charge in [-0.1, -0.05) is 17.7 Å². The Morgan fingerprint density at radius 2 is 1.73 bits per heavy atom.